The van der Waals surface area contributed by atoms with Crippen molar-refractivity contribution in [1.82, 2.24) is 0 Å². The lowest BCUT2D eigenvalue weighted by Gasteiger charge is -2.17. The Morgan fingerprint density at radius 2 is 1.94 bits per heavy atom. The number of hydrogen-bond donors (Lipinski definition) is 3. The van der Waals surface area contributed by atoms with Crippen LogP contribution in [0.2, 0.25) is 0 Å². The Kier molecular flexibility index (Phi) is 9.66. The van der Waals surface area contributed by atoms with E-state index in [9.17, 15) is 19.8 Å². The molecule has 1 aliphatic carbocycles. The van der Waals surface area contributed by atoms with Crippen molar-refractivity contribution >= 4 is 46.0 Å². The first-order valence-corrected chi connectivity index (χ1v) is 13.1. The van der Waals surface area contributed by atoms with E-state index >= 15 is 0 Å². The summed E-state index contributed by atoms with van der Waals surface area (Å²) < 4.78 is 0. The number of benzene rings is 2. The summed E-state index contributed by atoms with van der Waals surface area (Å²) in [7, 11) is 0. The minimum atomic E-state index is -0.819. The van der Waals surface area contributed by atoms with Crippen molar-refractivity contribution in [3.05, 3.63) is 60.2 Å². The number of hydrogen-bond acceptors (Lipinski definition) is 6. The zero-order valence-electron chi connectivity index (χ0n) is 17.9. The second-order valence-corrected chi connectivity index (χ2v) is 10.4. The summed E-state index contributed by atoms with van der Waals surface area (Å²) in [4.78, 5) is 22.9. The smallest absolute Gasteiger partial charge is 0.313 e. The molecule has 3 rings (SSSR count). The Morgan fingerprint density at radius 1 is 1.16 bits per heavy atom. The van der Waals surface area contributed by atoms with Gasteiger partial charge in [-0.15, -0.1) is 11.8 Å². The number of ketones is 1. The van der Waals surface area contributed by atoms with Crippen LogP contribution >= 0.6 is 23.5 Å². The summed E-state index contributed by atoms with van der Waals surface area (Å²) in [6, 6.07) is 14.4. The van der Waals surface area contributed by atoms with Crippen molar-refractivity contribution in [3.8, 4) is 0 Å². The number of aliphatic hydroxyl groups is 2. The van der Waals surface area contributed by atoms with E-state index in [0.717, 1.165) is 24.3 Å². The standard InChI is InChI=1S/C25H30O5S2/c26-19(10-9-18-7-3-6-17-5-1-2-8-20(17)18)11-12-21-22(27)15-23(28)25(21)32-14-4-13-31-16-24(29)30/h1-3,5-8,11-12,19,21-22,25-27H,4,9-10,13-16H2,(H,29,30)/b12-11+/t19?,21-,22+,25+/m0/s1. The molecule has 0 aromatic heterocycles. The molecule has 1 unspecified atom stereocenters. The number of aliphatic carboxylic acids is 1. The molecular weight excluding hydrogens is 444 g/mol. The fourth-order valence-corrected chi connectivity index (χ4v) is 6.20. The van der Waals surface area contributed by atoms with Gasteiger partial charge in [0.1, 0.15) is 5.78 Å². The molecule has 2 aromatic carbocycles. The van der Waals surface area contributed by atoms with E-state index in [-0.39, 0.29) is 29.1 Å². The highest BCUT2D eigenvalue weighted by Crippen LogP contribution is 2.34. The number of carboxylic acids is 1. The summed E-state index contributed by atoms with van der Waals surface area (Å²) in [5.74, 6) is 0.487. The Balaban J connectivity index is 1.50. The number of carbonyl (C=O) groups excluding carboxylic acids is 1. The van der Waals surface area contributed by atoms with Crippen molar-refractivity contribution < 1.29 is 24.9 Å². The number of rotatable bonds is 12. The van der Waals surface area contributed by atoms with Gasteiger partial charge in [-0.05, 0) is 47.1 Å². The maximum Gasteiger partial charge on any atom is 0.313 e. The minimum absolute atomic E-state index is 0.0422. The van der Waals surface area contributed by atoms with Crippen LogP contribution in [0.1, 0.15) is 24.8 Å². The van der Waals surface area contributed by atoms with Crippen LogP contribution in [0.3, 0.4) is 0 Å². The van der Waals surface area contributed by atoms with Crippen molar-refractivity contribution in [2.24, 2.45) is 5.92 Å². The van der Waals surface area contributed by atoms with Crippen LogP contribution in [0.25, 0.3) is 10.8 Å². The first kappa shape index (κ1) is 24.8. The highest BCUT2D eigenvalue weighted by Gasteiger charge is 2.40. The third-order valence-electron chi connectivity index (χ3n) is 5.62. The molecule has 4 atom stereocenters. The van der Waals surface area contributed by atoms with Gasteiger partial charge in [0, 0.05) is 12.3 Å². The molecule has 0 spiro atoms. The highest BCUT2D eigenvalue weighted by molar-refractivity contribution is 8.01. The molecule has 1 fully saturated rings. The lowest BCUT2D eigenvalue weighted by atomic mass is 9.98. The van der Waals surface area contributed by atoms with E-state index in [2.05, 4.69) is 24.3 Å². The SMILES string of the molecule is O=C(O)CSCCCS[C@H]1C(=O)C[C@@H](O)[C@@H]1/C=C/C(O)CCc1cccc2ccccc12. The molecule has 1 aliphatic rings. The topological polar surface area (TPSA) is 94.8 Å². The van der Waals surface area contributed by atoms with Crippen LogP contribution in [0.4, 0.5) is 0 Å². The lowest BCUT2D eigenvalue weighted by molar-refractivity contribution is -0.133. The molecule has 0 bridgehead atoms. The summed E-state index contributed by atoms with van der Waals surface area (Å²) in [5.41, 5.74) is 1.20. The van der Waals surface area contributed by atoms with Crippen LogP contribution in [0, 0.1) is 5.92 Å². The van der Waals surface area contributed by atoms with Crippen molar-refractivity contribution in [2.45, 2.75) is 43.1 Å². The molecule has 7 heteroatoms. The second-order valence-electron chi connectivity index (χ2n) is 8.04. The largest absolute Gasteiger partial charge is 0.481 e. The lowest BCUT2D eigenvalue weighted by Crippen LogP contribution is -2.22. The number of fused-ring (bicyclic) bond motifs is 1. The van der Waals surface area contributed by atoms with Crippen LogP contribution in [-0.2, 0) is 16.0 Å². The van der Waals surface area contributed by atoms with E-state index in [1.807, 2.05) is 18.2 Å². The third-order valence-corrected chi connectivity index (χ3v) is 8.11. The third kappa shape index (κ3) is 7.10. The second kappa shape index (κ2) is 12.4. The molecule has 0 heterocycles. The molecule has 1 saturated carbocycles. The Labute approximate surface area is 197 Å². The Bertz CT molecular complexity index is 940. The van der Waals surface area contributed by atoms with Crippen LogP contribution < -0.4 is 0 Å². The van der Waals surface area contributed by atoms with E-state index in [0.29, 0.717) is 6.42 Å². The van der Waals surface area contributed by atoms with Gasteiger partial charge in [0.05, 0.1) is 23.2 Å². The molecule has 0 saturated heterocycles. The average Bonchev–Trinajstić information content (AvgIpc) is 3.05. The molecule has 32 heavy (non-hydrogen) atoms. The van der Waals surface area contributed by atoms with Gasteiger partial charge in [-0.3, -0.25) is 9.59 Å². The summed E-state index contributed by atoms with van der Waals surface area (Å²) in [6.07, 6.45) is 4.43. The van der Waals surface area contributed by atoms with Crippen molar-refractivity contribution in [3.63, 3.8) is 0 Å². The van der Waals surface area contributed by atoms with Crippen molar-refractivity contribution in [1.29, 1.82) is 0 Å². The van der Waals surface area contributed by atoms with E-state index < -0.39 is 18.2 Å². The zero-order valence-corrected chi connectivity index (χ0v) is 19.6. The fourth-order valence-electron chi connectivity index (χ4n) is 4.01. The summed E-state index contributed by atoms with van der Waals surface area (Å²) in [6.45, 7) is 0. The normalized spacial score (nSPS) is 22.1. The molecule has 3 N–H and O–H groups in total. The monoisotopic (exact) mass is 474 g/mol. The van der Waals surface area contributed by atoms with Gasteiger partial charge < -0.3 is 15.3 Å². The predicted molar refractivity (Wildman–Crippen MR) is 132 cm³/mol. The van der Waals surface area contributed by atoms with Gasteiger partial charge in [-0.2, -0.15) is 11.8 Å². The van der Waals surface area contributed by atoms with Crippen LogP contribution in [0.15, 0.2) is 54.6 Å². The average molecular weight is 475 g/mol. The molecule has 0 radical (unpaired) electrons. The van der Waals surface area contributed by atoms with Gasteiger partial charge in [-0.1, -0.05) is 54.6 Å². The number of aliphatic hydroxyl groups excluding tert-OH is 2. The van der Waals surface area contributed by atoms with Crippen LogP contribution in [0.5, 0.6) is 0 Å². The van der Waals surface area contributed by atoms with Crippen LogP contribution in [-0.4, -0.2) is 61.8 Å². The van der Waals surface area contributed by atoms with Gasteiger partial charge in [-0.25, -0.2) is 0 Å². The molecule has 0 aliphatic heterocycles. The van der Waals surface area contributed by atoms with Gasteiger partial charge >= 0.3 is 5.97 Å². The quantitative estimate of drug-likeness (QED) is 0.317. The first-order valence-electron chi connectivity index (χ1n) is 10.9. The molecular formula is C25H30O5S2. The molecule has 5 nitrogen and oxygen atoms in total. The number of carboxylic acid groups (broad SMARTS) is 1. The Morgan fingerprint density at radius 3 is 2.75 bits per heavy atom. The Hall–Kier alpha value is -1.80. The number of aryl methyl sites for hydroxylation is 1. The maximum atomic E-state index is 12.3. The number of thioether (sulfide) groups is 2. The first-order chi connectivity index (χ1) is 15.5. The molecule has 2 aromatic rings. The molecule has 172 valence electrons. The maximum absolute atomic E-state index is 12.3. The predicted octanol–water partition coefficient (Wildman–Crippen LogP) is 3.95. The highest BCUT2D eigenvalue weighted by atomic mass is 32.2. The summed E-state index contributed by atoms with van der Waals surface area (Å²) in [5, 5.41) is 31.6. The van der Waals surface area contributed by atoms with Crippen molar-refractivity contribution in [2.75, 3.05) is 17.3 Å². The number of Topliss-reactive ketones (excluding diaryl/α,β-unsaturated/α-hetero) is 1. The van der Waals surface area contributed by atoms with E-state index in [1.165, 1.54) is 39.9 Å². The number of carbonyl (C=O) groups is 2. The van der Waals surface area contributed by atoms with Gasteiger partial charge in [0.15, 0.2) is 0 Å². The van der Waals surface area contributed by atoms with Gasteiger partial charge in [0.2, 0.25) is 0 Å². The van der Waals surface area contributed by atoms with Gasteiger partial charge in [0.25, 0.3) is 0 Å². The molecule has 0 amide bonds. The fraction of sp³-hybridized carbons (Fsp3) is 0.440. The zero-order chi connectivity index (χ0) is 22.9. The summed E-state index contributed by atoms with van der Waals surface area (Å²) >= 11 is 2.89. The van der Waals surface area contributed by atoms with E-state index in [1.54, 1.807) is 12.2 Å². The minimum Gasteiger partial charge on any atom is -0.481 e. The van der Waals surface area contributed by atoms with E-state index in [4.69, 9.17) is 5.11 Å².